The van der Waals surface area contributed by atoms with Crippen LogP contribution in [0.4, 0.5) is 11.6 Å². The number of anilines is 2. The maximum absolute atomic E-state index is 4.19. The normalized spacial score (nSPS) is 10.5. The Kier molecular flexibility index (Phi) is 1.96. The quantitative estimate of drug-likeness (QED) is 0.672. The predicted molar refractivity (Wildman–Crippen MR) is 59.2 cm³/mol. The van der Waals surface area contributed by atoms with Crippen molar-refractivity contribution in [2.45, 2.75) is 0 Å². The van der Waals surface area contributed by atoms with Gasteiger partial charge in [-0.3, -0.25) is 0 Å². The fraction of sp³-hybridized carbons (Fsp3) is 0. The molecule has 16 heavy (non-hydrogen) atoms. The molecule has 3 heterocycles. The number of H-pyrrole nitrogens is 1. The minimum Gasteiger partial charge on any atom is -0.346 e. The van der Waals surface area contributed by atoms with E-state index < -0.39 is 0 Å². The molecule has 0 spiro atoms. The van der Waals surface area contributed by atoms with Crippen molar-refractivity contribution in [2.75, 3.05) is 5.32 Å². The van der Waals surface area contributed by atoms with Crippen LogP contribution in [0.1, 0.15) is 0 Å². The number of fused-ring (bicyclic) bond motifs is 1. The summed E-state index contributed by atoms with van der Waals surface area (Å²) in [5.41, 5.74) is 1.73. The van der Waals surface area contributed by atoms with Crippen molar-refractivity contribution in [1.82, 2.24) is 25.1 Å². The van der Waals surface area contributed by atoms with Crippen molar-refractivity contribution in [2.24, 2.45) is 0 Å². The van der Waals surface area contributed by atoms with Crippen LogP contribution in [0.15, 0.2) is 36.9 Å². The van der Waals surface area contributed by atoms with E-state index >= 15 is 0 Å². The lowest BCUT2D eigenvalue weighted by Crippen LogP contribution is -1.98. The van der Waals surface area contributed by atoms with Crippen molar-refractivity contribution >= 4 is 22.7 Å². The second-order valence-electron chi connectivity index (χ2n) is 3.19. The first-order chi connectivity index (χ1) is 7.93. The molecule has 0 atom stereocenters. The number of aromatic nitrogens is 5. The minimum absolute atomic E-state index is 0.469. The first-order valence-electron chi connectivity index (χ1n) is 4.76. The molecule has 2 N–H and O–H groups in total. The smallest absolute Gasteiger partial charge is 0.247 e. The van der Waals surface area contributed by atoms with E-state index in [1.54, 1.807) is 12.4 Å². The van der Waals surface area contributed by atoms with E-state index in [4.69, 9.17) is 0 Å². The highest BCUT2D eigenvalue weighted by Crippen LogP contribution is 2.21. The van der Waals surface area contributed by atoms with Crippen LogP contribution in [0, 0.1) is 0 Å². The highest BCUT2D eigenvalue weighted by molar-refractivity contribution is 5.90. The van der Waals surface area contributed by atoms with Gasteiger partial charge in [0.15, 0.2) is 0 Å². The van der Waals surface area contributed by atoms with Crippen molar-refractivity contribution in [1.29, 1.82) is 0 Å². The zero-order valence-electron chi connectivity index (χ0n) is 8.25. The van der Waals surface area contributed by atoms with Gasteiger partial charge in [-0.25, -0.2) is 9.97 Å². The van der Waals surface area contributed by atoms with Gasteiger partial charge in [0.05, 0.1) is 18.1 Å². The van der Waals surface area contributed by atoms with Gasteiger partial charge in [0, 0.05) is 17.8 Å². The minimum atomic E-state index is 0.469. The van der Waals surface area contributed by atoms with E-state index in [1.165, 1.54) is 6.20 Å². The Bertz CT molecular complexity index is 603. The van der Waals surface area contributed by atoms with Gasteiger partial charge in [0.2, 0.25) is 5.95 Å². The molecule has 0 aliphatic carbocycles. The van der Waals surface area contributed by atoms with Crippen LogP contribution in [-0.2, 0) is 0 Å². The molecule has 6 nitrogen and oxygen atoms in total. The number of hydrogen-bond acceptors (Lipinski definition) is 5. The van der Waals surface area contributed by atoms with Crippen LogP contribution in [0.25, 0.3) is 11.0 Å². The number of nitrogens with one attached hydrogen (secondary N) is 2. The molecule has 3 rings (SSSR count). The molecule has 0 bridgehead atoms. The summed E-state index contributed by atoms with van der Waals surface area (Å²) in [4.78, 5) is 11.3. The predicted octanol–water partition coefficient (Wildman–Crippen LogP) is 1.49. The van der Waals surface area contributed by atoms with E-state index in [2.05, 4.69) is 30.5 Å². The summed E-state index contributed by atoms with van der Waals surface area (Å²) >= 11 is 0. The number of nitrogens with zero attached hydrogens (tertiary/aromatic N) is 4. The Labute approximate surface area is 90.8 Å². The Morgan fingerprint density at radius 2 is 2.06 bits per heavy atom. The number of hydrogen-bond donors (Lipinski definition) is 2. The van der Waals surface area contributed by atoms with Crippen molar-refractivity contribution in [3.63, 3.8) is 0 Å². The molecular formula is C10H8N6. The summed E-state index contributed by atoms with van der Waals surface area (Å²) in [6, 6.07) is 3.81. The molecular weight excluding hydrogens is 204 g/mol. The summed E-state index contributed by atoms with van der Waals surface area (Å²) in [5.74, 6) is 0.469. The van der Waals surface area contributed by atoms with Crippen LogP contribution in [0.5, 0.6) is 0 Å². The Morgan fingerprint density at radius 3 is 2.94 bits per heavy atom. The lowest BCUT2D eigenvalue weighted by Gasteiger charge is -2.03. The van der Waals surface area contributed by atoms with Crippen LogP contribution in [0.3, 0.4) is 0 Å². The first-order valence-corrected chi connectivity index (χ1v) is 4.76. The van der Waals surface area contributed by atoms with E-state index in [0.29, 0.717) is 5.95 Å². The lowest BCUT2D eigenvalue weighted by atomic mass is 10.3. The highest BCUT2D eigenvalue weighted by Gasteiger charge is 2.03. The van der Waals surface area contributed by atoms with Crippen molar-refractivity contribution in [3.8, 4) is 0 Å². The zero-order valence-corrected chi connectivity index (χ0v) is 8.25. The molecule has 3 aromatic rings. The average molecular weight is 212 g/mol. The van der Waals surface area contributed by atoms with Crippen LogP contribution in [-0.4, -0.2) is 25.1 Å². The zero-order chi connectivity index (χ0) is 10.8. The third-order valence-corrected chi connectivity index (χ3v) is 2.19. The topological polar surface area (TPSA) is 79.4 Å². The monoisotopic (exact) mass is 212 g/mol. The summed E-state index contributed by atoms with van der Waals surface area (Å²) in [6.45, 7) is 0. The summed E-state index contributed by atoms with van der Waals surface area (Å²) in [7, 11) is 0. The first kappa shape index (κ1) is 8.78. The summed E-state index contributed by atoms with van der Waals surface area (Å²) in [5, 5.41) is 11.7. The van der Waals surface area contributed by atoms with Crippen molar-refractivity contribution < 1.29 is 0 Å². The largest absolute Gasteiger partial charge is 0.346 e. The van der Waals surface area contributed by atoms with Gasteiger partial charge in [-0.2, -0.15) is 5.10 Å². The molecule has 0 saturated carbocycles. The molecule has 0 aliphatic heterocycles. The van der Waals surface area contributed by atoms with Gasteiger partial charge in [-0.05, 0) is 12.1 Å². The Morgan fingerprint density at radius 1 is 1.06 bits per heavy atom. The summed E-state index contributed by atoms with van der Waals surface area (Å²) in [6.07, 6.45) is 6.68. The van der Waals surface area contributed by atoms with Gasteiger partial charge in [0.1, 0.15) is 5.65 Å². The van der Waals surface area contributed by atoms with Gasteiger partial charge in [-0.15, -0.1) is 5.10 Å². The second-order valence-corrected chi connectivity index (χ2v) is 3.19. The third-order valence-electron chi connectivity index (χ3n) is 2.19. The molecule has 0 amide bonds. The average Bonchev–Trinajstić information content (AvgIpc) is 2.80. The van der Waals surface area contributed by atoms with Crippen molar-refractivity contribution in [3.05, 3.63) is 36.9 Å². The van der Waals surface area contributed by atoms with E-state index in [9.17, 15) is 0 Å². The Hall–Kier alpha value is -2.50. The molecule has 3 aromatic heterocycles. The van der Waals surface area contributed by atoms with E-state index in [1.807, 2.05) is 18.3 Å². The number of pyridine rings is 1. The molecule has 0 aliphatic rings. The highest BCUT2D eigenvalue weighted by atomic mass is 15.2. The molecule has 0 fully saturated rings. The lowest BCUT2D eigenvalue weighted by molar-refractivity contribution is 0.979. The maximum Gasteiger partial charge on any atom is 0.247 e. The van der Waals surface area contributed by atoms with Gasteiger partial charge in [-0.1, -0.05) is 0 Å². The second kappa shape index (κ2) is 3.58. The maximum atomic E-state index is 4.19. The molecule has 78 valence electrons. The molecule has 6 heteroatoms. The van der Waals surface area contributed by atoms with E-state index in [-0.39, 0.29) is 0 Å². The van der Waals surface area contributed by atoms with Gasteiger partial charge in [0.25, 0.3) is 0 Å². The molecule has 0 aromatic carbocycles. The number of rotatable bonds is 2. The third kappa shape index (κ3) is 1.46. The standard InChI is InChI=1S/C10H8N6/c1-3-11-9-7(1)8(2-4-12-9)15-10-13-5-6-14-16-10/h1-6H,(H2,11,12,13,15,16). The fourth-order valence-corrected chi connectivity index (χ4v) is 1.50. The van der Waals surface area contributed by atoms with Crippen LogP contribution < -0.4 is 5.32 Å². The fourth-order valence-electron chi connectivity index (χ4n) is 1.50. The molecule has 0 saturated heterocycles. The Balaban J connectivity index is 2.04. The molecule has 0 unspecified atom stereocenters. The van der Waals surface area contributed by atoms with Crippen LogP contribution in [0.2, 0.25) is 0 Å². The summed E-state index contributed by atoms with van der Waals surface area (Å²) < 4.78 is 0. The van der Waals surface area contributed by atoms with Gasteiger partial charge < -0.3 is 10.3 Å². The van der Waals surface area contributed by atoms with E-state index in [0.717, 1.165) is 16.7 Å². The SMILES string of the molecule is c1cnc(Nc2ccnc3[nH]ccc23)nn1. The van der Waals surface area contributed by atoms with Gasteiger partial charge >= 0.3 is 0 Å². The number of aromatic amines is 1. The van der Waals surface area contributed by atoms with Crippen LogP contribution >= 0.6 is 0 Å². The molecule has 0 radical (unpaired) electrons.